The minimum Gasteiger partial charge on any atom is -0.497 e. The van der Waals surface area contributed by atoms with Crippen LogP contribution in [0.25, 0.3) is 0 Å². The van der Waals surface area contributed by atoms with Crippen LogP contribution in [0.3, 0.4) is 0 Å². The number of urea groups is 1. The zero-order valence-electron chi connectivity index (χ0n) is 12.3. The number of thioether (sulfide) groups is 1. The number of hydrogen-bond donors (Lipinski definition) is 0. The highest BCUT2D eigenvalue weighted by Crippen LogP contribution is 2.43. The summed E-state index contributed by atoms with van der Waals surface area (Å²) < 4.78 is 10.7. The first-order valence-corrected chi connectivity index (χ1v) is 7.44. The third-order valence-corrected chi connectivity index (χ3v) is 4.47. The van der Waals surface area contributed by atoms with Gasteiger partial charge in [0, 0.05) is 38.0 Å². The molecule has 6 heteroatoms. The quantitative estimate of drug-likeness (QED) is 0.859. The molecule has 1 heterocycles. The second kappa shape index (κ2) is 6.26. The van der Waals surface area contributed by atoms with Crippen LogP contribution in [0.15, 0.2) is 18.2 Å². The molecule has 0 saturated carbocycles. The minimum absolute atomic E-state index is 0.00856. The molecule has 0 bridgehead atoms. The van der Waals surface area contributed by atoms with E-state index >= 15 is 0 Å². The Bertz CT molecular complexity index is 493. The molecule has 20 heavy (non-hydrogen) atoms. The summed E-state index contributed by atoms with van der Waals surface area (Å²) in [5.41, 5.74) is 1.01. The minimum atomic E-state index is -0.00856. The van der Waals surface area contributed by atoms with Crippen molar-refractivity contribution in [2.24, 2.45) is 0 Å². The summed E-state index contributed by atoms with van der Waals surface area (Å²) in [5, 5.41) is -0.00856. The monoisotopic (exact) mass is 296 g/mol. The van der Waals surface area contributed by atoms with Crippen molar-refractivity contribution < 1.29 is 14.3 Å². The van der Waals surface area contributed by atoms with Crippen molar-refractivity contribution in [2.75, 3.05) is 40.6 Å². The van der Waals surface area contributed by atoms with E-state index in [9.17, 15) is 4.79 Å². The van der Waals surface area contributed by atoms with Gasteiger partial charge in [-0.25, -0.2) is 4.79 Å². The molecule has 1 aromatic carbocycles. The van der Waals surface area contributed by atoms with E-state index in [0.717, 1.165) is 29.4 Å². The van der Waals surface area contributed by atoms with Crippen LogP contribution >= 0.6 is 11.8 Å². The normalized spacial score (nSPS) is 18.0. The summed E-state index contributed by atoms with van der Waals surface area (Å²) in [6.45, 7) is 0.752. The van der Waals surface area contributed by atoms with Gasteiger partial charge in [-0.3, -0.25) is 0 Å². The molecule has 1 saturated heterocycles. The molecule has 1 aliphatic rings. The van der Waals surface area contributed by atoms with E-state index in [-0.39, 0.29) is 11.4 Å². The molecule has 1 unspecified atom stereocenters. The molecule has 1 aliphatic heterocycles. The Kier molecular flexibility index (Phi) is 4.65. The standard InChI is InChI=1S/C14H20N2O3S/c1-15(2)14(17)16-7-8-20-13(16)11-6-5-10(18-3)9-12(11)19-4/h5-6,9,13H,7-8H2,1-4H3. The number of rotatable bonds is 3. The largest absolute Gasteiger partial charge is 0.497 e. The first kappa shape index (κ1) is 14.8. The fourth-order valence-corrected chi connectivity index (χ4v) is 3.48. The summed E-state index contributed by atoms with van der Waals surface area (Å²) in [7, 11) is 6.80. The van der Waals surface area contributed by atoms with E-state index in [2.05, 4.69) is 0 Å². The van der Waals surface area contributed by atoms with Crippen molar-refractivity contribution in [3.8, 4) is 11.5 Å². The lowest BCUT2D eigenvalue weighted by Gasteiger charge is -2.28. The number of benzene rings is 1. The van der Waals surface area contributed by atoms with Gasteiger partial charge in [0.15, 0.2) is 0 Å². The van der Waals surface area contributed by atoms with Gasteiger partial charge in [0.25, 0.3) is 0 Å². The van der Waals surface area contributed by atoms with Crippen LogP contribution in [0.4, 0.5) is 4.79 Å². The van der Waals surface area contributed by atoms with Crippen LogP contribution in [0.1, 0.15) is 10.9 Å². The molecule has 1 fully saturated rings. The van der Waals surface area contributed by atoms with Crippen LogP contribution in [-0.2, 0) is 0 Å². The van der Waals surface area contributed by atoms with Gasteiger partial charge in [0.05, 0.1) is 14.2 Å². The second-order valence-corrected chi connectivity index (χ2v) is 5.89. The van der Waals surface area contributed by atoms with Crippen LogP contribution in [0, 0.1) is 0 Å². The van der Waals surface area contributed by atoms with E-state index in [1.165, 1.54) is 0 Å². The number of carbonyl (C=O) groups excluding carboxylic acids is 1. The maximum absolute atomic E-state index is 12.2. The van der Waals surface area contributed by atoms with Gasteiger partial charge in [-0.15, -0.1) is 11.8 Å². The molecule has 1 aromatic rings. The van der Waals surface area contributed by atoms with Crippen molar-refractivity contribution in [1.82, 2.24) is 9.80 Å². The molecule has 110 valence electrons. The lowest BCUT2D eigenvalue weighted by atomic mass is 10.1. The lowest BCUT2D eigenvalue weighted by Crippen LogP contribution is -2.38. The van der Waals surface area contributed by atoms with Gasteiger partial charge >= 0.3 is 6.03 Å². The average Bonchev–Trinajstić information content (AvgIpc) is 2.94. The summed E-state index contributed by atoms with van der Waals surface area (Å²) in [4.78, 5) is 15.7. The fourth-order valence-electron chi connectivity index (χ4n) is 2.20. The zero-order chi connectivity index (χ0) is 14.7. The highest BCUT2D eigenvalue weighted by molar-refractivity contribution is 7.99. The molecule has 0 aromatic heterocycles. The molecular weight excluding hydrogens is 276 g/mol. The highest BCUT2D eigenvalue weighted by atomic mass is 32.2. The molecule has 0 N–H and O–H groups in total. The van der Waals surface area contributed by atoms with Crippen LogP contribution in [-0.4, -0.2) is 56.4 Å². The Balaban J connectivity index is 2.32. The van der Waals surface area contributed by atoms with Crippen LogP contribution in [0.5, 0.6) is 11.5 Å². The van der Waals surface area contributed by atoms with E-state index in [1.54, 1.807) is 45.0 Å². The third-order valence-electron chi connectivity index (χ3n) is 3.23. The van der Waals surface area contributed by atoms with Gasteiger partial charge in [-0.1, -0.05) is 0 Å². The van der Waals surface area contributed by atoms with Gasteiger partial charge in [-0.05, 0) is 12.1 Å². The summed E-state index contributed by atoms with van der Waals surface area (Å²) in [6.07, 6.45) is 0. The molecule has 0 aliphatic carbocycles. The van der Waals surface area contributed by atoms with Gasteiger partial charge < -0.3 is 19.3 Å². The summed E-state index contributed by atoms with van der Waals surface area (Å²) >= 11 is 1.75. The maximum atomic E-state index is 12.2. The van der Waals surface area contributed by atoms with Crippen molar-refractivity contribution in [3.05, 3.63) is 23.8 Å². The summed E-state index contributed by atoms with van der Waals surface area (Å²) in [6, 6.07) is 5.75. The number of amides is 2. The number of hydrogen-bond acceptors (Lipinski definition) is 4. The van der Waals surface area contributed by atoms with Crippen molar-refractivity contribution in [3.63, 3.8) is 0 Å². The van der Waals surface area contributed by atoms with E-state index < -0.39 is 0 Å². The van der Waals surface area contributed by atoms with Gasteiger partial charge in [-0.2, -0.15) is 0 Å². The summed E-state index contributed by atoms with van der Waals surface area (Å²) in [5.74, 6) is 2.43. The Morgan fingerprint density at radius 2 is 2.10 bits per heavy atom. The number of nitrogens with zero attached hydrogens (tertiary/aromatic N) is 2. The van der Waals surface area contributed by atoms with Crippen molar-refractivity contribution in [2.45, 2.75) is 5.37 Å². The van der Waals surface area contributed by atoms with E-state index in [1.807, 2.05) is 23.1 Å². The molecule has 0 spiro atoms. The molecule has 2 amide bonds. The Morgan fingerprint density at radius 3 is 2.70 bits per heavy atom. The predicted molar refractivity (Wildman–Crippen MR) is 80.5 cm³/mol. The Morgan fingerprint density at radius 1 is 1.35 bits per heavy atom. The molecule has 2 rings (SSSR count). The molecular formula is C14H20N2O3S. The maximum Gasteiger partial charge on any atom is 0.320 e. The highest BCUT2D eigenvalue weighted by Gasteiger charge is 2.33. The Labute approximate surface area is 123 Å². The molecule has 0 radical (unpaired) electrons. The fraction of sp³-hybridized carbons (Fsp3) is 0.500. The molecule has 1 atom stereocenters. The average molecular weight is 296 g/mol. The van der Waals surface area contributed by atoms with Gasteiger partial charge in [0.2, 0.25) is 0 Å². The first-order valence-electron chi connectivity index (χ1n) is 6.40. The van der Waals surface area contributed by atoms with Crippen LogP contribution in [0.2, 0.25) is 0 Å². The first-order chi connectivity index (χ1) is 9.58. The smallest absolute Gasteiger partial charge is 0.320 e. The predicted octanol–water partition coefficient (Wildman–Crippen LogP) is 2.43. The Hall–Kier alpha value is -1.56. The number of ether oxygens (including phenoxy) is 2. The lowest BCUT2D eigenvalue weighted by molar-refractivity contribution is 0.172. The third kappa shape index (κ3) is 2.80. The van der Waals surface area contributed by atoms with Crippen molar-refractivity contribution >= 4 is 17.8 Å². The van der Waals surface area contributed by atoms with E-state index in [4.69, 9.17) is 9.47 Å². The van der Waals surface area contributed by atoms with E-state index in [0.29, 0.717) is 0 Å². The number of carbonyl (C=O) groups is 1. The molecule has 5 nitrogen and oxygen atoms in total. The second-order valence-electron chi connectivity index (χ2n) is 4.70. The zero-order valence-corrected chi connectivity index (χ0v) is 13.1. The SMILES string of the molecule is COc1ccc(C2SCCN2C(=O)N(C)C)c(OC)c1. The van der Waals surface area contributed by atoms with Gasteiger partial charge in [0.1, 0.15) is 16.9 Å². The number of methoxy groups -OCH3 is 2. The van der Waals surface area contributed by atoms with Crippen LogP contribution < -0.4 is 9.47 Å². The topological polar surface area (TPSA) is 42.0 Å². The van der Waals surface area contributed by atoms with Crippen molar-refractivity contribution in [1.29, 1.82) is 0 Å².